The molecule has 2 N–H and O–H groups in total. The number of nitrogens with one attached hydrogen (secondary N) is 1. The van der Waals surface area contributed by atoms with Crippen LogP contribution >= 0.6 is 15.9 Å². The molecule has 0 aliphatic carbocycles. The highest BCUT2D eigenvalue weighted by Crippen LogP contribution is 2.30. The van der Waals surface area contributed by atoms with Crippen LogP contribution in [0, 0.1) is 11.5 Å². The van der Waals surface area contributed by atoms with Crippen LogP contribution in [0.5, 0.6) is 0 Å². The Hall–Kier alpha value is -1.45. The molecule has 0 saturated carbocycles. The second-order valence-corrected chi connectivity index (χ2v) is 12.6. The van der Waals surface area contributed by atoms with E-state index < -0.39 is 14.2 Å². The molecule has 0 bridgehead atoms. The van der Waals surface area contributed by atoms with Crippen molar-refractivity contribution in [2.24, 2.45) is 0 Å². The summed E-state index contributed by atoms with van der Waals surface area (Å²) in [5.41, 5.74) is 4.10. The summed E-state index contributed by atoms with van der Waals surface area (Å²) < 4.78 is 0.995. The number of likely N-dealkylation sites (tertiary alicyclic amines) is 1. The minimum atomic E-state index is -1.50. The largest absolute Gasteiger partial charge is 0.465 e. The van der Waals surface area contributed by atoms with Crippen molar-refractivity contribution in [3.05, 3.63) is 28.7 Å². The molecule has 0 aromatic heterocycles. The van der Waals surface area contributed by atoms with Crippen molar-refractivity contribution in [1.82, 2.24) is 4.90 Å². The number of para-hydroxylation sites is 1. The molecule has 0 spiro atoms. The van der Waals surface area contributed by atoms with Gasteiger partial charge in [-0.15, -0.1) is 5.54 Å². The second-order valence-electron chi connectivity index (χ2n) is 6.96. The molecule has 1 aromatic carbocycles. The molecule has 4 nitrogen and oxygen atoms in total. The molecule has 0 radical (unpaired) electrons. The Morgan fingerprint density at radius 1 is 1.30 bits per heavy atom. The molecule has 0 atom stereocenters. The highest BCUT2D eigenvalue weighted by atomic mass is 79.9. The number of carboxylic acid groups (broad SMARTS) is 1. The topological polar surface area (TPSA) is 52.6 Å². The molecule has 124 valence electrons. The summed E-state index contributed by atoms with van der Waals surface area (Å²) in [6.45, 7) is 7.68. The standard InChI is InChI=1S/C17H23BrN2O2Si/c1-23(2,3)13-10-17(8-11-20(12-9-17)16(21)22)19-15-7-5-4-6-14(15)18/h4-7,19H,8-9,11-12H2,1-3H3,(H,21,22). The Balaban J connectivity index is 2.27. The maximum Gasteiger partial charge on any atom is 0.407 e. The van der Waals surface area contributed by atoms with Crippen LogP contribution in [0.3, 0.4) is 0 Å². The maximum atomic E-state index is 11.2. The van der Waals surface area contributed by atoms with Gasteiger partial charge in [0, 0.05) is 23.2 Å². The average molecular weight is 395 g/mol. The zero-order chi connectivity index (χ0) is 17.1. The van der Waals surface area contributed by atoms with Gasteiger partial charge in [0.1, 0.15) is 13.6 Å². The smallest absolute Gasteiger partial charge is 0.407 e. The molecule has 1 amide bonds. The van der Waals surface area contributed by atoms with Gasteiger partial charge in [-0.3, -0.25) is 0 Å². The minimum absolute atomic E-state index is 0.365. The molecule has 1 aromatic rings. The molecule has 1 saturated heterocycles. The normalized spacial score (nSPS) is 17.1. The van der Waals surface area contributed by atoms with Crippen molar-refractivity contribution in [3.63, 3.8) is 0 Å². The molecule has 1 fully saturated rings. The van der Waals surface area contributed by atoms with Crippen LogP contribution in [0.4, 0.5) is 10.5 Å². The number of amides is 1. The number of benzene rings is 1. The Bertz CT molecular complexity index is 638. The van der Waals surface area contributed by atoms with Gasteiger partial charge in [-0.1, -0.05) is 37.7 Å². The Morgan fingerprint density at radius 3 is 2.43 bits per heavy atom. The maximum absolute atomic E-state index is 11.2. The summed E-state index contributed by atoms with van der Waals surface area (Å²) in [4.78, 5) is 12.6. The summed E-state index contributed by atoms with van der Waals surface area (Å²) in [6.07, 6.45) is 0.536. The highest BCUT2D eigenvalue weighted by molar-refractivity contribution is 9.10. The predicted octanol–water partition coefficient (Wildman–Crippen LogP) is 4.25. The number of carbonyl (C=O) groups is 1. The first-order valence-electron chi connectivity index (χ1n) is 7.76. The van der Waals surface area contributed by atoms with Crippen LogP contribution in [0.25, 0.3) is 0 Å². The highest BCUT2D eigenvalue weighted by Gasteiger charge is 2.35. The summed E-state index contributed by atoms with van der Waals surface area (Å²) in [7, 11) is -1.50. The van der Waals surface area contributed by atoms with Crippen LogP contribution in [0.15, 0.2) is 28.7 Å². The van der Waals surface area contributed by atoms with Crippen molar-refractivity contribution in [2.75, 3.05) is 18.4 Å². The number of hydrogen-bond acceptors (Lipinski definition) is 2. The molecule has 2 rings (SSSR count). The number of piperidine rings is 1. The first-order valence-corrected chi connectivity index (χ1v) is 12.1. The van der Waals surface area contributed by atoms with E-state index in [9.17, 15) is 9.90 Å². The molecular weight excluding hydrogens is 372 g/mol. The van der Waals surface area contributed by atoms with Crippen LogP contribution in [0.2, 0.25) is 19.6 Å². The zero-order valence-electron chi connectivity index (χ0n) is 13.8. The lowest BCUT2D eigenvalue weighted by molar-refractivity contribution is 0.128. The number of nitrogens with zero attached hydrogens (tertiary/aromatic N) is 1. The van der Waals surface area contributed by atoms with Gasteiger partial charge in [-0.25, -0.2) is 4.79 Å². The van der Waals surface area contributed by atoms with Gasteiger partial charge in [-0.2, -0.15) is 0 Å². The average Bonchev–Trinajstić information content (AvgIpc) is 2.48. The first kappa shape index (κ1) is 17.9. The van der Waals surface area contributed by atoms with Gasteiger partial charge >= 0.3 is 6.09 Å². The van der Waals surface area contributed by atoms with Crippen molar-refractivity contribution < 1.29 is 9.90 Å². The van der Waals surface area contributed by atoms with E-state index in [1.54, 1.807) is 0 Å². The van der Waals surface area contributed by atoms with Crippen molar-refractivity contribution in [2.45, 2.75) is 38.0 Å². The van der Waals surface area contributed by atoms with Crippen LogP contribution < -0.4 is 5.32 Å². The number of rotatable bonds is 2. The Labute approximate surface area is 147 Å². The number of anilines is 1. The van der Waals surface area contributed by atoms with E-state index in [-0.39, 0.29) is 5.54 Å². The first-order chi connectivity index (χ1) is 10.7. The lowest BCUT2D eigenvalue weighted by Crippen LogP contribution is -2.50. The molecule has 0 unspecified atom stereocenters. The number of halogens is 1. The Kier molecular flexibility index (Phi) is 5.43. The van der Waals surface area contributed by atoms with Crippen LogP contribution in [0.1, 0.15) is 12.8 Å². The monoisotopic (exact) mass is 394 g/mol. The van der Waals surface area contributed by atoms with E-state index in [2.05, 4.69) is 52.4 Å². The second kappa shape index (κ2) is 6.98. The van der Waals surface area contributed by atoms with Crippen LogP contribution in [-0.2, 0) is 0 Å². The van der Waals surface area contributed by atoms with Crippen LogP contribution in [-0.4, -0.2) is 42.8 Å². The van der Waals surface area contributed by atoms with E-state index in [0.29, 0.717) is 25.9 Å². The quantitative estimate of drug-likeness (QED) is 0.581. The third kappa shape index (κ3) is 5.01. The van der Waals surface area contributed by atoms with Gasteiger partial charge in [-0.05, 0) is 40.9 Å². The fourth-order valence-corrected chi connectivity index (χ4v) is 3.49. The fraction of sp³-hybridized carbons (Fsp3) is 0.471. The van der Waals surface area contributed by atoms with Gasteiger partial charge in [0.25, 0.3) is 0 Å². The van der Waals surface area contributed by atoms with Gasteiger partial charge < -0.3 is 15.3 Å². The zero-order valence-corrected chi connectivity index (χ0v) is 16.4. The van der Waals surface area contributed by atoms with Crippen molar-refractivity contribution in [3.8, 4) is 11.5 Å². The molecule has 1 heterocycles. The van der Waals surface area contributed by atoms with E-state index in [0.717, 1.165) is 10.2 Å². The minimum Gasteiger partial charge on any atom is -0.465 e. The SMILES string of the molecule is C[Si](C)(C)C#CC1(Nc2ccccc2Br)CCN(C(=O)O)CC1. The summed E-state index contributed by atoms with van der Waals surface area (Å²) >= 11 is 3.57. The molecular formula is C17H23BrN2O2Si. The molecule has 1 aliphatic rings. The van der Waals surface area contributed by atoms with E-state index in [1.165, 1.54) is 4.90 Å². The van der Waals surface area contributed by atoms with E-state index in [1.807, 2.05) is 24.3 Å². The predicted molar refractivity (Wildman–Crippen MR) is 100 cm³/mol. The molecule has 23 heavy (non-hydrogen) atoms. The molecule has 1 aliphatic heterocycles. The third-order valence-electron chi connectivity index (χ3n) is 3.81. The van der Waals surface area contributed by atoms with Crippen molar-refractivity contribution in [1.29, 1.82) is 0 Å². The van der Waals surface area contributed by atoms with E-state index >= 15 is 0 Å². The van der Waals surface area contributed by atoms with Gasteiger partial charge in [0.2, 0.25) is 0 Å². The fourth-order valence-electron chi connectivity index (χ4n) is 2.49. The molecule has 6 heteroatoms. The Morgan fingerprint density at radius 2 is 1.91 bits per heavy atom. The van der Waals surface area contributed by atoms with Gasteiger partial charge in [0.15, 0.2) is 0 Å². The summed E-state index contributed by atoms with van der Waals surface area (Å²) in [6, 6.07) is 7.97. The van der Waals surface area contributed by atoms with E-state index in [4.69, 9.17) is 0 Å². The third-order valence-corrected chi connectivity index (χ3v) is 5.38. The lowest BCUT2D eigenvalue weighted by Gasteiger charge is -2.39. The summed E-state index contributed by atoms with van der Waals surface area (Å²) in [5, 5.41) is 12.7. The lowest BCUT2D eigenvalue weighted by atomic mass is 9.88. The summed E-state index contributed by atoms with van der Waals surface area (Å²) in [5.74, 6) is 3.47. The van der Waals surface area contributed by atoms with Gasteiger partial charge in [0.05, 0.1) is 0 Å². The number of hydrogen-bond donors (Lipinski definition) is 2. The van der Waals surface area contributed by atoms with Crippen molar-refractivity contribution >= 4 is 35.8 Å².